The molecule has 0 N–H and O–H groups in total. The van der Waals surface area contributed by atoms with Crippen molar-refractivity contribution in [2.24, 2.45) is 0 Å². The van der Waals surface area contributed by atoms with Gasteiger partial charge in [0.1, 0.15) is 18.1 Å². The lowest BCUT2D eigenvalue weighted by atomic mass is 10.1. The van der Waals surface area contributed by atoms with Crippen molar-refractivity contribution in [2.75, 3.05) is 24.6 Å². The number of aromatic nitrogens is 3. The summed E-state index contributed by atoms with van der Waals surface area (Å²) < 4.78 is 34.1. The van der Waals surface area contributed by atoms with Crippen LogP contribution in [0.2, 0.25) is 0 Å². The summed E-state index contributed by atoms with van der Waals surface area (Å²) >= 11 is 0. The predicted octanol–water partition coefficient (Wildman–Crippen LogP) is 1.89. The van der Waals surface area contributed by atoms with Gasteiger partial charge in [0, 0.05) is 31.5 Å². The van der Waals surface area contributed by atoms with Crippen molar-refractivity contribution in [3.8, 4) is 17.3 Å². The molecule has 156 valence electrons. The van der Waals surface area contributed by atoms with Crippen LogP contribution in [0.25, 0.3) is 11.4 Å². The highest BCUT2D eigenvalue weighted by molar-refractivity contribution is 7.91. The Bertz CT molecular complexity index is 1130. The van der Waals surface area contributed by atoms with Crippen LogP contribution in [0.3, 0.4) is 0 Å². The maximum Gasteiger partial charge on any atom is 0.255 e. The molecule has 1 aliphatic heterocycles. The average molecular weight is 428 g/mol. The minimum absolute atomic E-state index is 0.00987. The first kappa shape index (κ1) is 20.0. The summed E-state index contributed by atoms with van der Waals surface area (Å²) in [6, 6.07) is 8.75. The Morgan fingerprint density at radius 1 is 1.17 bits per heavy atom. The lowest BCUT2D eigenvalue weighted by molar-refractivity contribution is 0.0769. The fraction of sp³-hybridized carbons (Fsp3) is 0.300. The summed E-state index contributed by atoms with van der Waals surface area (Å²) in [4.78, 5) is 22.6. The number of hydrogen-bond acceptors (Lipinski definition) is 8. The van der Waals surface area contributed by atoms with Gasteiger partial charge < -0.3 is 14.2 Å². The number of hydrogen-bond donors (Lipinski definition) is 0. The molecule has 0 spiro atoms. The summed E-state index contributed by atoms with van der Waals surface area (Å²) in [6.07, 6.45) is 3.11. The average Bonchev–Trinajstić information content (AvgIpc) is 3.13. The van der Waals surface area contributed by atoms with Crippen LogP contribution in [0.4, 0.5) is 0 Å². The second-order valence-electron chi connectivity index (χ2n) is 6.90. The molecule has 1 aliphatic rings. The highest BCUT2D eigenvalue weighted by Gasteiger charge is 2.26. The van der Waals surface area contributed by atoms with Gasteiger partial charge in [0.25, 0.3) is 5.91 Å². The maximum atomic E-state index is 12.5. The highest BCUT2D eigenvalue weighted by Crippen LogP contribution is 2.24. The normalized spacial score (nSPS) is 15.7. The van der Waals surface area contributed by atoms with Gasteiger partial charge in [-0.2, -0.15) is 0 Å². The van der Waals surface area contributed by atoms with Gasteiger partial charge in [0.15, 0.2) is 9.84 Å². The number of rotatable bonds is 5. The number of nitrogens with zero attached hydrogens (tertiary/aromatic N) is 4. The first-order valence-corrected chi connectivity index (χ1v) is 11.2. The number of aryl methyl sites for hydroxylation is 1. The Balaban J connectivity index is 1.42. The molecule has 4 heterocycles. The van der Waals surface area contributed by atoms with Crippen LogP contribution in [0.5, 0.6) is 5.88 Å². The van der Waals surface area contributed by atoms with Crippen LogP contribution in [-0.2, 0) is 16.4 Å². The molecule has 0 saturated carbocycles. The Morgan fingerprint density at radius 2 is 1.97 bits per heavy atom. The van der Waals surface area contributed by atoms with Crippen molar-refractivity contribution in [1.29, 1.82) is 0 Å². The van der Waals surface area contributed by atoms with Crippen molar-refractivity contribution in [3.63, 3.8) is 0 Å². The van der Waals surface area contributed by atoms with Crippen molar-refractivity contribution >= 4 is 15.7 Å². The van der Waals surface area contributed by atoms with Crippen LogP contribution in [-0.4, -0.2) is 58.9 Å². The lowest BCUT2D eigenvalue weighted by Crippen LogP contribution is -2.43. The molecule has 4 rings (SSSR count). The molecule has 30 heavy (non-hydrogen) atoms. The van der Waals surface area contributed by atoms with Crippen molar-refractivity contribution in [3.05, 3.63) is 59.6 Å². The zero-order chi connectivity index (χ0) is 21.1. The molecule has 0 atom stereocenters. The molecule has 0 aliphatic carbocycles. The first-order chi connectivity index (χ1) is 14.4. The molecule has 0 unspecified atom stereocenters. The van der Waals surface area contributed by atoms with Crippen molar-refractivity contribution in [1.82, 2.24) is 20.0 Å². The van der Waals surface area contributed by atoms with E-state index in [1.54, 1.807) is 25.3 Å². The third-order valence-electron chi connectivity index (χ3n) is 4.87. The Morgan fingerprint density at radius 3 is 2.63 bits per heavy atom. The SMILES string of the molecule is Cc1onc(-c2ccccn2)c1COc1ccc(C(=O)N2CCS(=O)(=O)CC2)cn1. The van der Waals surface area contributed by atoms with E-state index in [9.17, 15) is 13.2 Å². The minimum atomic E-state index is -3.04. The summed E-state index contributed by atoms with van der Waals surface area (Å²) in [7, 11) is -3.04. The van der Waals surface area contributed by atoms with Crippen molar-refractivity contribution < 1.29 is 22.5 Å². The molecule has 1 saturated heterocycles. The molecule has 0 bridgehead atoms. The number of pyridine rings is 2. The predicted molar refractivity (Wildman–Crippen MR) is 108 cm³/mol. The Hall–Kier alpha value is -3.27. The molecule has 3 aromatic heterocycles. The van der Waals surface area contributed by atoms with E-state index in [0.29, 0.717) is 28.6 Å². The van der Waals surface area contributed by atoms with E-state index in [2.05, 4.69) is 15.1 Å². The lowest BCUT2D eigenvalue weighted by Gasteiger charge is -2.26. The van der Waals surface area contributed by atoms with E-state index in [1.807, 2.05) is 18.2 Å². The topological polar surface area (TPSA) is 115 Å². The Labute approximate surface area is 173 Å². The molecular weight excluding hydrogens is 408 g/mol. The smallest absolute Gasteiger partial charge is 0.255 e. The van der Waals surface area contributed by atoms with Gasteiger partial charge in [-0.15, -0.1) is 0 Å². The van der Waals surface area contributed by atoms with Gasteiger partial charge in [-0.05, 0) is 25.1 Å². The van der Waals surface area contributed by atoms with E-state index >= 15 is 0 Å². The van der Waals surface area contributed by atoms with Crippen LogP contribution in [0.1, 0.15) is 21.7 Å². The summed E-state index contributed by atoms with van der Waals surface area (Å²) in [5.74, 6) is 0.716. The van der Waals surface area contributed by atoms with Gasteiger partial charge in [0.05, 0.1) is 28.3 Å². The highest BCUT2D eigenvalue weighted by atomic mass is 32.2. The van der Waals surface area contributed by atoms with Crippen molar-refractivity contribution in [2.45, 2.75) is 13.5 Å². The number of sulfone groups is 1. The molecule has 3 aromatic rings. The number of ether oxygens (including phenoxy) is 1. The van der Waals surface area contributed by atoms with E-state index in [4.69, 9.17) is 9.26 Å². The largest absolute Gasteiger partial charge is 0.473 e. The molecule has 1 fully saturated rings. The number of carbonyl (C=O) groups is 1. The molecule has 0 aromatic carbocycles. The molecular formula is C20H20N4O5S. The fourth-order valence-corrected chi connectivity index (χ4v) is 4.30. The molecule has 9 nitrogen and oxygen atoms in total. The van der Waals surface area contributed by atoms with Crippen LogP contribution < -0.4 is 4.74 Å². The van der Waals surface area contributed by atoms with Gasteiger partial charge in [-0.25, -0.2) is 13.4 Å². The van der Waals surface area contributed by atoms with Gasteiger partial charge in [-0.3, -0.25) is 9.78 Å². The van der Waals surface area contributed by atoms with Crippen LogP contribution in [0, 0.1) is 6.92 Å². The minimum Gasteiger partial charge on any atom is -0.473 e. The van der Waals surface area contributed by atoms with E-state index in [1.165, 1.54) is 11.1 Å². The maximum absolute atomic E-state index is 12.5. The monoisotopic (exact) mass is 428 g/mol. The number of carbonyl (C=O) groups excluding carboxylic acids is 1. The second kappa shape index (κ2) is 8.23. The third-order valence-corrected chi connectivity index (χ3v) is 6.48. The standard InChI is InChI=1S/C20H20N4O5S/c1-14-16(19(23-29-14)17-4-2-3-7-21-17)13-28-18-6-5-15(12-22-18)20(25)24-8-10-30(26,27)11-9-24/h2-7,12H,8-11,13H2,1H3. The number of amides is 1. The zero-order valence-electron chi connectivity index (χ0n) is 16.3. The summed E-state index contributed by atoms with van der Waals surface area (Å²) in [5.41, 5.74) is 2.45. The Kier molecular flexibility index (Phi) is 5.49. The fourth-order valence-electron chi connectivity index (χ4n) is 3.10. The third kappa shape index (κ3) is 4.33. The van der Waals surface area contributed by atoms with Gasteiger partial charge in [-0.1, -0.05) is 11.2 Å². The summed E-state index contributed by atoms with van der Waals surface area (Å²) in [6.45, 7) is 2.38. The van der Waals surface area contributed by atoms with E-state index in [-0.39, 0.29) is 37.1 Å². The summed E-state index contributed by atoms with van der Waals surface area (Å²) in [5, 5.41) is 4.07. The zero-order valence-corrected chi connectivity index (χ0v) is 17.1. The molecule has 10 heteroatoms. The first-order valence-electron chi connectivity index (χ1n) is 9.38. The molecule has 0 radical (unpaired) electrons. The van der Waals surface area contributed by atoms with Crippen LogP contribution >= 0.6 is 0 Å². The van der Waals surface area contributed by atoms with Gasteiger partial charge in [0.2, 0.25) is 5.88 Å². The van der Waals surface area contributed by atoms with Crippen LogP contribution in [0.15, 0.2) is 47.2 Å². The van der Waals surface area contributed by atoms with Gasteiger partial charge >= 0.3 is 0 Å². The second-order valence-corrected chi connectivity index (χ2v) is 9.20. The quantitative estimate of drug-likeness (QED) is 0.605. The molecule has 1 amide bonds. The van der Waals surface area contributed by atoms with E-state index < -0.39 is 9.84 Å². The van der Waals surface area contributed by atoms with E-state index in [0.717, 1.165) is 5.56 Å².